The number of nitrogens with one attached hydrogen (secondary N) is 2. The lowest BCUT2D eigenvalue weighted by molar-refractivity contribution is -0.121. The summed E-state index contributed by atoms with van der Waals surface area (Å²) in [6.07, 6.45) is 2.42. The summed E-state index contributed by atoms with van der Waals surface area (Å²) in [6.45, 7) is 0.312. The van der Waals surface area contributed by atoms with E-state index in [1.807, 2.05) is 0 Å². The summed E-state index contributed by atoms with van der Waals surface area (Å²) >= 11 is 3.28. The summed E-state index contributed by atoms with van der Waals surface area (Å²) in [5.41, 5.74) is 6.59. The van der Waals surface area contributed by atoms with E-state index >= 15 is 0 Å². The van der Waals surface area contributed by atoms with Crippen molar-refractivity contribution in [2.75, 3.05) is 12.3 Å². The van der Waals surface area contributed by atoms with Gasteiger partial charge >= 0.3 is 0 Å². The maximum absolute atomic E-state index is 11.9. The molecule has 0 spiro atoms. The molecular formula is C13H16BrN3O2. The third kappa shape index (κ3) is 4.24. The summed E-state index contributed by atoms with van der Waals surface area (Å²) in [5, 5.41) is 5.55. The molecule has 1 aromatic rings. The molecule has 4 N–H and O–H groups in total. The fraction of sp³-hybridized carbons (Fsp3) is 0.385. The Morgan fingerprint density at radius 1 is 1.37 bits per heavy atom. The van der Waals surface area contributed by atoms with Crippen LogP contribution in [0.2, 0.25) is 0 Å². The number of carbonyl (C=O) groups is 2. The maximum Gasteiger partial charge on any atom is 0.253 e. The van der Waals surface area contributed by atoms with E-state index in [1.54, 1.807) is 18.2 Å². The molecule has 1 fully saturated rings. The van der Waals surface area contributed by atoms with Gasteiger partial charge in [0.2, 0.25) is 5.91 Å². The largest absolute Gasteiger partial charge is 0.398 e. The van der Waals surface area contributed by atoms with Crippen LogP contribution in [0.25, 0.3) is 0 Å². The van der Waals surface area contributed by atoms with E-state index in [0.29, 0.717) is 30.3 Å². The van der Waals surface area contributed by atoms with E-state index < -0.39 is 0 Å². The number of carbonyl (C=O) groups excluding carboxylic acids is 2. The second-order valence-corrected chi connectivity index (χ2v) is 5.49. The van der Waals surface area contributed by atoms with Crippen LogP contribution in [-0.4, -0.2) is 24.4 Å². The Morgan fingerprint density at radius 2 is 2.11 bits per heavy atom. The molecule has 1 aromatic carbocycles. The highest BCUT2D eigenvalue weighted by Crippen LogP contribution is 2.19. The molecule has 0 aromatic heterocycles. The molecule has 19 heavy (non-hydrogen) atoms. The van der Waals surface area contributed by atoms with Crippen molar-refractivity contribution in [3.8, 4) is 0 Å². The zero-order valence-electron chi connectivity index (χ0n) is 10.4. The van der Waals surface area contributed by atoms with Gasteiger partial charge in [-0.3, -0.25) is 9.59 Å². The van der Waals surface area contributed by atoms with E-state index in [-0.39, 0.29) is 11.8 Å². The minimum absolute atomic E-state index is 0.0217. The first-order chi connectivity index (χ1) is 9.06. The molecule has 0 bridgehead atoms. The molecule has 102 valence electrons. The Balaban J connectivity index is 1.78. The molecule has 5 nitrogen and oxygen atoms in total. The molecule has 2 rings (SSSR count). The van der Waals surface area contributed by atoms with Gasteiger partial charge in [-0.2, -0.15) is 0 Å². The summed E-state index contributed by atoms with van der Waals surface area (Å²) in [5.74, 6) is -0.282. The lowest BCUT2D eigenvalue weighted by Gasteiger charge is -2.08. The lowest BCUT2D eigenvalue weighted by Crippen LogP contribution is -2.31. The number of nitrogens with two attached hydrogens (primary N) is 1. The van der Waals surface area contributed by atoms with Crippen LogP contribution in [0.15, 0.2) is 22.7 Å². The number of rotatable bonds is 5. The van der Waals surface area contributed by atoms with Gasteiger partial charge in [0.05, 0.1) is 5.56 Å². The minimum atomic E-state index is -0.260. The van der Waals surface area contributed by atoms with Gasteiger partial charge in [0.15, 0.2) is 0 Å². The lowest BCUT2D eigenvalue weighted by atomic mass is 10.1. The van der Waals surface area contributed by atoms with E-state index in [2.05, 4.69) is 26.6 Å². The predicted molar refractivity (Wildman–Crippen MR) is 76.7 cm³/mol. The van der Waals surface area contributed by atoms with Gasteiger partial charge in [-0.05, 0) is 31.0 Å². The van der Waals surface area contributed by atoms with E-state index in [4.69, 9.17) is 5.73 Å². The quantitative estimate of drug-likeness (QED) is 0.716. The standard InChI is InChI=1S/C13H16BrN3O2/c14-8-1-4-10(11(15)7-8)13(19)16-6-5-12(18)17-9-2-3-9/h1,4,7,9H,2-3,5-6,15H2,(H,16,19)(H,17,18). The average molecular weight is 326 g/mol. The van der Waals surface area contributed by atoms with Crippen molar-refractivity contribution < 1.29 is 9.59 Å². The average Bonchev–Trinajstić information content (AvgIpc) is 3.12. The van der Waals surface area contributed by atoms with Crippen LogP contribution in [0.5, 0.6) is 0 Å². The summed E-state index contributed by atoms with van der Waals surface area (Å²) in [4.78, 5) is 23.3. The highest BCUT2D eigenvalue weighted by atomic mass is 79.9. The molecule has 1 aliphatic rings. The van der Waals surface area contributed by atoms with Gasteiger partial charge in [0.1, 0.15) is 0 Å². The Bertz CT molecular complexity index is 501. The molecule has 1 saturated carbocycles. The molecule has 0 radical (unpaired) electrons. The van der Waals surface area contributed by atoms with Gasteiger partial charge in [-0.15, -0.1) is 0 Å². The van der Waals surface area contributed by atoms with E-state index in [9.17, 15) is 9.59 Å². The Labute approximate surface area is 120 Å². The Kier molecular flexibility index (Phi) is 4.42. The third-order valence-corrected chi connectivity index (χ3v) is 3.33. The van der Waals surface area contributed by atoms with Crippen LogP contribution in [0.3, 0.4) is 0 Å². The molecule has 2 amide bonds. The van der Waals surface area contributed by atoms with Crippen molar-refractivity contribution in [1.29, 1.82) is 0 Å². The van der Waals surface area contributed by atoms with Crippen LogP contribution >= 0.6 is 15.9 Å². The maximum atomic E-state index is 11.9. The molecular weight excluding hydrogens is 310 g/mol. The molecule has 0 heterocycles. The van der Waals surface area contributed by atoms with Crippen LogP contribution in [-0.2, 0) is 4.79 Å². The highest BCUT2D eigenvalue weighted by Gasteiger charge is 2.22. The second kappa shape index (κ2) is 6.06. The monoisotopic (exact) mass is 325 g/mol. The van der Waals surface area contributed by atoms with Crippen molar-refractivity contribution >= 4 is 33.4 Å². The summed E-state index contributed by atoms with van der Waals surface area (Å²) in [7, 11) is 0. The molecule has 6 heteroatoms. The van der Waals surface area contributed by atoms with Gasteiger partial charge in [-0.1, -0.05) is 15.9 Å². The molecule has 0 atom stereocenters. The van der Waals surface area contributed by atoms with Crippen LogP contribution in [0, 0.1) is 0 Å². The van der Waals surface area contributed by atoms with Crippen molar-refractivity contribution in [2.45, 2.75) is 25.3 Å². The summed E-state index contributed by atoms with van der Waals surface area (Å²) in [6, 6.07) is 5.43. The van der Waals surface area contributed by atoms with Crippen molar-refractivity contribution in [3.63, 3.8) is 0 Å². The molecule has 0 aliphatic heterocycles. The number of hydrogen-bond donors (Lipinski definition) is 3. The van der Waals surface area contributed by atoms with E-state index in [0.717, 1.165) is 17.3 Å². The Morgan fingerprint density at radius 3 is 2.74 bits per heavy atom. The molecule has 1 aliphatic carbocycles. The number of nitrogen functional groups attached to an aromatic ring is 1. The fourth-order valence-electron chi connectivity index (χ4n) is 1.65. The molecule has 0 unspecified atom stereocenters. The zero-order chi connectivity index (χ0) is 13.8. The van der Waals surface area contributed by atoms with Gasteiger partial charge < -0.3 is 16.4 Å². The first-order valence-electron chi connectivity index (χ1n) is 6.19. The zero-order valence-corrected chi connectivity index (χ0v) is 12.0. The Hall–Kier alpha value is -1.56. The molecule has 0 saturated heterocycles. The highest BCUT2D eigenvalue weighted by molar-refractivity contribution is 9.10. The third-order valence-electron chi connectivity index (χ3n) is 2.84. The number of hydrogen-bond acceptors (Lipinski definition) is 3. The predicted octanol–water partition coefficient (Wildman–Crippen LogP) is 1.43. The fourth-order valence-corrected chi connectivity index (χ4v) is 2.03. The number of halogens is 1. The first kappa shape index (κ1) is 13.9. The van der Waals surface area contributed by atoms with E-state index in [1.165, 1.54) is 0 Å². The normalized spacial score (nSPS) is 13.9. The minimum Gasteiger partial charge on any atom is -0.398 e. The van der Waals surface area contributed by atoms with Crippen LogP contribution in [0.4, 0.5) is 5.69 Å². The smallest absolute Gasteiger partial charge is 0.253 e. The van der Waals surface area contributed by atoms with Gasteiger partial charge in [0, 0.05) is 29.2 Å². The number of amides is 2. The first-order valence-corrected chi connectivity index (χ1v) is 6.98. The van der Waals surface area contributed by atoms with Crippen molar-refractivity contribution in [3.05, 3.63) is 28.2 Å². The number of benzene rings is 1. The van der Waals surface area contributed by atoms with Crippen molar-refractivity contribution in [2.24, 2.45) is 0 Å². The SMILES string of the molecule is Nc1cc(Br)ccc1C(=O)NCCC(=O)NC1CC1. The van der Waals surface area contributed by atoms with Crippen LogP contribution in [0.1, 0.15) is 29.6 Å². The van der Waals surface area contributed by atoms with Gasteiger partial charge in [-0.25, -0.2) is 0 Å². The van der Waals surface area contributed by atoms with Crippen LogP contribution < -0.4 is 16.4 Å². The second-order valence-electron chi connectivity index (χ2n) is 4.58. The number of anilines is 1. The van der Waals surface area contributed by atoms with Crippen molar-refractivity contribution in [1.82, 2.24) is 10.6 Å². The van der Waals surface area contributed by atoms with Gasteiger partial charge in [0.25, 0.3) is 5.91 Å². The topological polar surface area (TPSA) is 84.2 Å². The summed E-state index contributed by atoms with van der Waals surface area (Å²) < 4.78 is 0.824.